The van der Waals surface area contributed by atoms with Gasteiger partial charge < -0.3 is 10.2 Å². The van der Waals surface area contributed by atoms with Gasteiger partial charge >= 0.3 is 0 Å². The minimum Gasteiger partial charge on any atom is -0.347 e. The smallest absolute Gasteiger partial charge is 0.242 e. The third kappa shape index (κ3) is 7.05. The summed E-state index contributed by atoms with van der Waals surface area (Å²) in [6.45, 7) is -0.156. The summed E-state index contributed by atoms with van der Waals surface area (Å²) in [5.74, 6) is -0.972. The van der Waals surface area contributed by atoms with Crippen LogP contribution in [0.2, 0.25) is 0 Å². The molecule has 1 atom stereocenters. The number of benzene rings is 1. The van der Waals surface area contributed by atoms with Crippen molar-refractivity contribution < 1.29 is 19.6 Å². The van der Waals surface area contributed by atoms with E-state index < -0.39 is 5.92 Å². The molecule has 2 saturated carbocycles. The molecular formula is C25H37N3O4. The van der Waals surface area contributed by atoms with Crippen LogP contribution >= 0.6 is 0 Å². The third-order valence-corrected chi connectivity index (χ3v) is 6.86. The molecule has 0 radical (unpaired) electrons. The highest BCUT2D eigenvalue weighted by molar-refractivity contribution is 5.86. The molecule has 0 spiro atoms. The van der Waals surface area contributed by atoms with Crippen LogP contribution in [0, 0.1) is 5.92 Å². The molecule has 0 bridgehead atoms. The van der Waals surface area contributed by atoms with Crippen LogP contribution in [0.15, 0.2) is 30.3 Å². The summed E-state index contributed by atoms with van der Waals surface area (Å²) in [5.41, 5.74) is 0.935. The average Bonchev–Trinajstić information content (AvgIpc) is 2.84. The fourth-order valence-electron chi connectivity index (χ4n) is 5.23. The van der Waals surface area contributed by atoms with Crippen LogP contribution in [-0.4, -0.2) is 58.6 Å². The summed E-state index contributed by atoms with van der Waals surface area (Å²) < 4.78 is 0. The summed E-state index contributed by atoms with van der Waals surface area (Å²) in [6, 6.07) is 10.0. The molecule has 32 heavy (non-hydrogen) atoms. The van der Waals surface area contributed by atoms with Gasteiger partial charge in [-0.15, -0.1) is 0 Å². The van der Waals surface area contributed by atoms with Gasteiger partial charge in [0.05, 0.1) is 19.0 Å². The quantitative estimate of drug-likeness (QED) is 0.330. The Morgan fingerprint density at radius 1 is 0.969 bits per heavy atom. The first-order valence-corrected chi connectivity index (χ1v) is 12.1. The van der Waals surface area contributed by atoms with Gasteiger partial charge in [-0.1, -0.05) is 68.9 Å². The first-order chi connectivity index (χ1) is 15.6. The molecule has 176 valence electrons. The van der Waals surface area contributed by atoms with E-state index in [1.165, 1.54) is 12.8 Å². The Labute approximate surface area is 191 Å². The molecule has 0 saturated heterocycles. The predicted molar refractivity (Wildman–Crippen MR) is 122 cm³/mol. The van der Waals surface area contributed by atoms with Gasteiger partial charge in [-0.3, -0.25) is 19.6 Å². The van der Waals surface area contributed by atoms with Gasteiger partial charge in [-0.25, -0.2) is 5.06 Å². The molecule has 3 amide bonds. The van der Waals surface area contributed by atoms with Gasteiger partial charge in [-0.05, 0) is 37.7 Å². The van der Waals surface area contributed by atoms with E-state index in [-0.39, 0.29) is 37.0 Å². The van der Waals surface area contributed by atoms with Gasteiger partial charge in [0.1, 0.15) is 0 Å². The average molecular weight is 444 g/mol. The maximum absolute atomic E-state index is 13.3. The second kappa shape index (κ2) is 12.6. The molecule has 0 aliphatic heterocycles. The van der Waals surface area contributed by atoms with E-state index in [0.29, 0.717) is 17.9 Å². The number of carbonyl (C=O) groups is 3. The van der Waals surface area contributed by atoms with E-state index in [9.17, 15) is 19.6 Å². The number of nitrogens with zero attached hydrogens (tertiary/aromatic N) is 2. The minimum atomic E-state index is -0.641. The molecule has 0 aromatic heterocycles. The predicted octanol–water partition coefficient (Wildman–Crippen LogP) is 3.30. The Bertz CT molecular complexity index is 712. The summed E-state index contributed by atoms with van der Waals surface area (Å²) in [7, 11) is 0. The van der Waals surface area contributed by atoms with E-state index in [1.807, 2.05) is 30.3 Å². The van der Waals surface area contributed by atoms with Gasteiger partial charge in [0, 0.05) is 12.1 Å². The van der Waals surface area contributed by atoms with Gasteiger partial charge in [-0.2, -0.15) is 0 Å². The summed E-state index contributed by atoms with van der Waals surface area (Å²) in [6.07, 6.45) is 12.0. The fourth-order valence-corrected chi connectivity index (χ4v) is 5.23. The molecule has 0 heterocycles. The van der Waals surface area contributed by atoms with Crippen molar-refractivity contribution in [2.75, 3.05) is 13.1 Å². The van der Waals surface area contributed by atoms with Crippen molar-refractivity contribution in [3.8, 4) is 0 Å². The Morgan fingerprint density at radius 2 is 1.53 bits per heavy atom. The monoisotopic (exact) mass is 443 g/mol. The third-order valence-electron chi connectivity index (χ3n) is 6.86. The summed E-state index contributed by atoms with van der Waals surface area (Å²) in [4.78, 5) is 39.2. The number of amides is 3. The lowest BCUT2D eigenvalue weighted by molar-refractivity contribution is -0.154. The van der Waals surface area contributed by atoms with Crippen molar-refractivity contribution >= 4 is 18.2 Å². The van der Waals surface area contributed by atoms with Gasteiger partial charge in [0.15, 0.2) is 0 Å². The van der Waals surface area contributed by atoms with Crippen LogP contribution in [0.1, 0.15) is 69.8 Å². The highest BCUT2D eigenvalue weighted by atomic mass is 16.5. The van der Waals surface area contributed by atoms with Crippen LogP contribution in [0.5, 0.6) is 0 Å². The van der Waals surface area contributed by atoms with E-state index in [4.69, 9.17) is 0 Å². The Morgan fingerprint density at radius 3 is 2.06 bits per heavy atom. The van der Waals surface area contributed by atoms with Crippen molar-refractivity contribution in [3.63, 3.8) is 0 Å². The topological polar surface area (TPSA) is 90.0 Å². The van der Waals surface area contributed by atoms with Gasteiger partial charge in [0.2, 0.25) is 18.2 Å². The molecule has 3 rings (SSSR count). The van der Waals surface area contributed by atoms with E-state index in [2.05, 4.69) is 10.2 Å². The van der Waals surface area contributed by atoms with Crippen molar-refractivity contribution in [1.82, 2.24) is 15.3 Å². The Hall–Kier alpha value is -2.41. The molecular weight excluding hydrogens is 406 g/mol. The maximum atomic E-state index is 13.3. The molecule has 2 fully saturated rings. The van der Waals surface area contributed by atoms with Crippen LogP contribution < -0.4 is 5.32 Å². The standard InChI is InChI=1S/C25H37N3O4/c29-19-27(32)18-21(16-20-10-4-1-5-11-20)25(31)26-17-24(30)28(22-12-6-2-7-13-22)23-14-8-3-9-15-23/h1,4-5,10-11,19,21-23,32H,2-3,6-9,12-18H2,(H,26,31). The maximum Gasteiger partial charge on any atom is 0.242 e. The molecule has 7 heteroatoms. The number of nitrogens with one attached hydrogen (secondary N) is 1. The molecule has 1 aromatic rings. The number of carbonyl (C=O) groups excluding carboxylic acids is 3. The highest BCUT2D eigenvalue weighted by Crippen LogP contribution is 2.30. The normalized spacial score (nSPS) is 18.5. The molecule has 1 aromatic carbocycles. The first-order valence-electron chi connectivity index (χ1n) is 12.1. The first kappa shape index (κ1) is 24.2. The van der Waals surface area contributed by atoms with Crippen LogP contribution in [0.25, 0.3) is 0 Å². The highest BCUT2D eigenvalue weighted by Gasteiger charge is 2.33. The second-order valence-corrected chi connectivity index (χ2v) is 9.22. The Balaban J connectivity index is 1.63. The number of rotatable bonds is 10. The van der Waals surface area contributed by atoms with Crippen LogP contribution in [0.3, 0.4) is 0 Å². The Kier molecular flexibility index (Phi) is 9.53. The molecule has 2 N–H and O–H groups in total. The van der Waals surface area contributed by atoms with Crippen molar-refractivity contribution in [1.29, 1.82) is 0 Å². The van der Waals surface area contributed by atoms with Crippen molar-refractivity contribution in [3.05, 3.63) is 35.9 Å². The number of hydrogen-bond acceptors (Lipinski definition) is 4. The van der Waals surface area contributed by atoms with Crippen LogP contribution in [-0.2, 0) is 20.8 Å². The second-order valence-electron chi connectivity index (χ2n) is 9.22. The minimum absolute atomic E-state index is 0.00754. The zero-order chi connectivity index (χ0) is 22.8. The fraction of sp³-hybridized carbons (Fsp3) is 0.640. The van der Waals surface area contributed by atoms with E-state index >= 15 is 0 Å². The summed E-state index contributed by atoms with van der Waals surface area (Å²) in [5, 5.41) is 13.0. The van der Waals surface area contributed by atoms with Gasteiger partial charge in [0.25, 0.3) is 0 Å². The lowest BCUT2D eigenvalue weighted by atomic mass is 9.88. The summed E-state index contributed by atoms with van der Waals surface area (Å²) >= 11 is 0. The molecule has 7 nitrogen and oxygen atoms in total. The molecule has 2 aliphatic carbocycles. The molecule has 2 aliphatic rings. The largest absolute Gasteiger partial charge is 0.347 e. The van der Waals surface area contributed by atoms with E-state index in [1.54, 1.807) is 0 Å². The van der Waals surface area contributed by atoms with Crippen molar-refractivity contribution in [2.24, 2.45) is 5.92 Å². The number of hydroxylamine groups is 2. The van der Waals surface area contributed by atoms with Crippen molar-refractivity contribution in [2.45, 2.75) is 82.7 Å². The SMILES string of the molecule is O=CN(O)CC(Cc1ccccc1)C(=O)NCC(=O)N(C1CCCCC1)C1CCCCC1. The lowest BCUT2D eigenvalue weighted by Crippen LogP contribution is -2.52. The molecule has 1 unspecified atom stereocenters. The zero-order valence-corrected chi connectivity index (χ0v) is 19.0. The van der Waals surface area contributed by atoms with Crippen LogP contribution in [0.4, 0.5) is 0 Å². The lowest BCUT2D eigenvalue weighted by Gasteiger charge is -2.42. The van der Waals surface area contributed by atoms with E-state index in [0.717, 1.165) is 56.9 Å². The zero-order valence-electron chi connectivity index (χ0n) is 19.0. The number of hydrogen-bond donors (Lipinski definition) is 2.